The van der Waals surface area contributed by atoms with E-state index in [4.69, 9.17) is 21.4 Å². The molecule has 0 aromatic heterocycles. The molecule has 0 aliphatic heterocycles. The summed E-state index contributed by atoms with van der Waals surface area (Å²) in [7, 11) is 0. The Morgan fingerprint density at radius 2 is 1.86 bits per heavy atom. The molecule has 21 heavy (non-hydrogen) atoms. The van der Waals surface area contributed by atoms with E-state index in [-0.39, 0.29) is 22.9 Å². The summed E-state index contributed by atoms with van der Waals surface area (Å²) in [6, 6.07) is 13.3. The topological polar surface area (TPSA) is 75.6 Å². The van der Waals surface area contributed by atoms with Gasteiger partial charge in [0.2, 0.25) is 0 Å². The van der Waals surface area contributed by atoms with Gasteiger partial charge in [0, 0.05) is 5.02 Å². The van der Waals surface area contributed by atoms with Crippen molar-refractivity contribution in [1.82, 2.24) is 0 Å². The molecule has 2 aromatic rings. The molecular formula is C15H12ClNO4. The van der Waals surface area contributed by atoms with Gasteiger partial charge in [-0.15, -0.1) is 0 Å². The maximum absolute atomic E-state index is 11.7. The number of hydrogen-bond acceptors (Lipinski definition) is 3. The quantitative estimate of drug-likeness (QED) is 0.901. The summed E-state index contributed by atoms with van der Waals surface area (Å²) in [5.41, 5.74) is 0.867. The Morgan fingerprint density at radius 3 is 2.52 bits per heavy atom. The van der Waals surface area contributed by atoms with E-state index in [9.17, 15) is 9.59 Å². The van der Waals surface area contributed by atoms with Crippen molar-refractivity contribution < 1.29 is 19.4 Å². The summed E-state index contributed by atoms with van der Waals surface area (Å²) in [4.78, 5) is 22.8. The number of carbonyl (C=O) groups excluding carboxylic acids is 1. The van der Waals surface area contributed by atoms with Gasteiger partial charge in [-0.1, -0.05) is 41.9 Å². The average molecular weight is 306 g/mol. The molecule has 2 rings (SSSR count). The first kappa shape index (κ1) is 14.9. The summed E-state index contributed by atoms with van der Waals surface area (Å²) in [5.74, 6) is -1.18. The SMILES string of the molecule is O=C(Nc1ccc(Cl)cc1C(=O)O)OCc1ccccc1. The number of amides is 1. The Kier molecular flexibility index (Phi) is 4.79. The number of carboxylic acids is 1. The third-order valence-electron chi connectivity index (χ3n) is 2.66. The molecule has 5 nitrogen and oxygen atoms in total. The van der Waals surface area contributed by atoms with Crippen LogP contribution in [0, 0.1) is 0 Å². The molecule has 108 valence electrons. The number of benzene rings is 2. The molecule has 0 radical (unpaired) electrons. The second-order valence-corrected chi connectivity index (χ2v) is 4.62. The average Bonchev–Trinajstić information content (AvgIpc) is 2.48. The minimum atomic E-state index is -1.18. The lowest BCUT2D eigenvalue weighted by Gasteiger charge is -2.09. The van der Waals surface area contributed by atoms with Crippen LogP contribution in [0.2, 0.25) is 5.02 Å². The first-order valence-electron chi connectivity index (χ1n) is 6.07. The van der Waals surface area contributed by atoms with Crippen molar-refractivity contribution in [2.75, 3.05) is 5.32 Å². The third kappa shape index (κ3) is 4.22. The van der Waals surface area contributed by atoms with Crippen molar-refractivity contribution >= 4 is 29.4 Å². The van der Waals surface area contributed by atoms with Crippen LogP contribution in [0.3, 0.4) is 0 Å². The number of rotatable bonds is 4. The molecule has 2 aromatic carbocycles. The smallest absolute Gasteiger partial charge is 0.411 e. The Morgan fingerprint density at radius 1 is 1.14 bits per heavy atom. The molecule has 0 aliphatic carbocycles. The number of carbonyl (C=O) groups is 2. The maximum atomic E-state index is 11.7. The highest BCUT2D eigenvalue weighted by Gasteiger charge is 2.13. The molecule has 0 unspecified atom stereocenters. The summed E-state index contributed by atoms with van der Waals surface area (Å²) in [6.45, 7) is 0.0999. The third-order valence-corrected chi connectivity index (χ3v) is 2.90. The second kappa shape index (κ2) is 6.76. The van der Waals surface area contributed by atoms with Crippen LogP contribution in [-0.4, -0.2) is 17.2 Å². The van der Waals surface area contributed by atoms with E-state index >= 15 is 0 Å². The lowest BCUT2D eigenvalue weighted by atomic mass is 10.2. The van der Waals surface area contributed by atoms with Crippen LogP contribution >= 0.6 is 11.6 Å². The Labute approximate surface area is 126 Å². The van der Waals surface area contributed by atoms with Gasteiger partial charge in [0.15, 0.2) is 0 Å². The van der Waals surface area contributed by atoms with E-state index in [1.165, 1.54) is 18.2 Å². The predicted molar refractivity (Wildman–Crippen MR) is 78.7 cm³/mol. The molecule has 0 spiro atoms. The van der Waals surface area contributed by atoms with Gasteiger partial charge in [0.1, 0.15) is 6.61 Å². The van der Waals surface area contributed by atoms with E-state index in [1.807, 2.05) is 30.3 Å². The Hall–Kier alpha value is -2.53. The molecule has 0 atom stereocenters. The van der Waals surface area contributed by atoms with E-state index in [1.54, 1.807) is 0 Å². The van der Waals surface area contributed by atoms with Gasteiger partial charge < -0.3 is 9.84 Å². The molecule has 0 saturated heterocycles. The van der Waals surface area contributed by atoms with Crippen molar-refractivity contribution in [2.24, 2.45) is 0 Å². The van der Waals surface area contributed by atoms with Crippen LogP contribution in [0.15, 0.2) is 48.5 Å². The molecular weight excluding hydrogens is 294 g/mol. The van der Waals surface area contributed by atoms with Crippen LogP contribution in [0.1, 0.15) is 15.9 Å². The lowest BCUT2D eigenvalue weighted by molar-refractivity contribution is 0.0698. The number of nitrogens with one attached hydrogen (secondary N) is 1. The maximum Gasteiger partial charge on any atom is 0.411 e. The minimum absolute atomic E-state index is 0.0980. The molecule has 0 aliphatic rings. The molecule has 0 bridgehead atoms. The normalized spacial score (nSPS) is 9.95. The lowest BCUT2D eigenvalue weighted by Crippen LogP contribution is -2.16. The fraction of sp³-hybridized carbons (Fsp3) is 0.0667. The fourth-order valence-electron chi connectivity index (χ4n) is 1.67. The highest BCUT2D eigenvalue weighted by molar-refractivity contribution is 6.31. The molecule has 6 heteroatoms. The van der Waals surface area contributed by atoms with Gasteiger partial charge in [-0.2, -0.15) is 0 Å². The summed E-state index contributed by atoms with van der Waals surface area (Å²) >= 11 is 5.73. The molecule has 0 saturated carbocycles. The van der Waals surface area contributed by atoms with Crippen molar-refractivity contribution in [2.45, 2.75) is 6.61 Å². The number of ether oxygens (including phenoxy) is 1. The Balaban J connectivity index is 2.01. The van der Waals surface area contributed by atoms with Crippen molar-refractivity contribution in [3.8, 4) is 0 Å². The van der Waals surface area contributed by atoms with Crippen LogP contribution < -0.4 is 5.32 Å². The second-order valence-electron chi connectivity index (χ2n) is 4.18. The fourth-order valence-corrected chi connectivity index (χ4v) is 1.84. The molecule has 0 fully saturated rings. The van der Waals surface area contributed by atoms with Gasteiger partial charge >= 0.3 is 12.1 Å². The number of aromatic carboxylic acids is 1. The highest BCUT2D eigenvalue weighted by Crippen LogP contribution is 2.21. The summed E-state index contributed by atoms with van der Waals surface area (Å²) < 4.78 is 5.02. The largest absolute Gasteiger partial charge is 0.478 e. The van der Waals surface area contributed by atoms with Crippen molar-refractivity contribution in [1.29, 1.82) is 0 Å². The number of anilines is 1. The first-order chi connectivity index (χ1) is 10.1. The van der Waals surface area contributed by atoms with Crippen LogP contribution in [-0.2, 0) is 11.3 Å². The van der Waals surface area contributed by atoms with Crippen LogP contribution in [0.5, 0.6) is 0 Å². The molecule has 0 heterocycles. The van der Waals surface area contributed by atoms with Gasteiger partial charge in [-0.05, 0) is 23.8 Å². The zero-order valence-corrected chi connectivity index (χ0v) is 11.6. The van der Waals surface area contributed by atoms with E-state index < -0.39 is 12.1 Å². The van der Waals surface area contributed by atoms with Crippen molar-refractivity contribution in [3.63, 3.8) is 0 Å². The summed E-state index contributed by atoms with van der Waals surface area (Å²) in [6.07, 6.45) is -0.733. The van der Waals surface area contributed by atoms with Crippen LogP contribution in [0.25, 0.3) is 0 Å². The summed E-state index contributed by atoms with van der Waals surface area (Å²) in [5, 5.41) is 11.7. The number of hydrogen-bond donors (Lipinski definition) is 2. The van der Waals surface area contributed by atoms with Gasteiger partial charge in [0.25, 0.3) is 0 Å². The monoisotopic (exact) mass is 305 g/mol. The van der Waals surface area contributed by atoms with E-state index in [2.05, 4.69) is 5.32 Å². The molecule has 1 amide bonds. The zero-order valence-electron chi connectivity index (χ0n) is 10.9. The van der Waals surface area contributed by atoms with Gasteiger partial charge in [-0.3, -0.25) is 5.32 Å². The Bertz CT molecular complexity index is 658. The highest BCUT2D eigenvalue weighted by atomic mass is 35.5. The van der Waals surface area contributed by atoms with Crippen LogP contribution in [0.4, 0.5) is 10.5 Å². The van der Waals surface area contributed by atoms with Crippen molar-refractivity contribution in [3.05, 3.63) is 64.7 Å². The molecule has 2 N–H and O–H groups in total. The van der Waals surface area contributed by atoms with E-state index in [0.29, 0.717) is 0 Å². The van der Waals surface area contributed by atoms with Gasteiger partial charge in [0.05, 0.1) is 11.3 Å². The van der Waals surface area contributed by atoms with Gasteiger partial charge in [-0.25, -0.2) is 9.59 Å². The standard InChI is InChI=1S/C15H12ClNO4/c16-11-6-7-13(12(8-11)14(18)19)17-15(20)21-9-10-4-2-1-3-5-10/h1-8H,9H2,(H,17,20)(H,18,19). The zero-order chi connectivity index (χ0) is 15.2. The number of carboxylic acid groups (broad SMARTS) is 1. The van der Waals surface area contributed by atoms with E-state index in [0.717, 1.165) is 5.56 Å². The predicted octanol–water partition coefficient (Wildman–Crippen LogP) is 3.79. The minimum Gasteiger partial charge on any atom is -0.478 e. The number of halogens is 1. The first-order valence-corrected chi connectivity index (χ1v) is 6.44.